The van der Waals surface area contributed by atoms with Crippen LogP contribution in [0.3, 0.4) is 0 Å². The number of rotatable bonds is 4. The summed E-state index contributed by atoms with van der Waals surface area (Å²) in [5.41, 5.74) is 0.374. The highest BCUT2D eigenvalue weighted by molar-refractivity contribution is 5.78. The summed E-state index contributed by atoms with van der Waals surface area (Å²) < 4.78 is 31.3. The molecule has 1 aromatic carbocycles. The summed E-state index contributed by atoms with van der Waals surface area (Å²) in [7, 11) is 1.40. The molecule has 2 aliphatic rings. The summed E-state index contributed by atoms with van der Waals surface area (Å²) in [6, 6.07) is 3.42. The molecule has 1 aliphatic heterocycles. The van der Waals surface area contributed by atoms with Crippen molar-refractivity contribution >= 4 is 11.9 Å². The minimum absolute atomic E-state index is 0.0203. The second-order valence-corrected chi connectivity index (χ2v) is 6.76. The number of carbonyl (C=O) groups is 2. The molecular formula is C18H21F2NO3. The molecule has 3 rings (SSSR count). The number of nitrogens with zero attached hydrogens (tertiary/aromatic N) is 1. The van der Waals surface area contributed by atoms with Crippen LogP contribution in [0.4, 0.5) is 8.78 Å². The molecule has 1 heterocycles. The second-order valence-electron chi connectivity index (χ2n) is 6.76. The molecule has 0 N–H and O–H groups in total. The highest BCUT2D eigenvalue weighted by Crippen LogP contribution is 2.59. The Morgan fingerprint density at radius 3 is 2.62 bits per heavy atom. The van der Waals surface area contributed by atoms with E-state index in [-0.39, 0.29) is 36.1 Å². The van der Waals surface area contributed by atoms with Gasteiger partial charge in [-0.1, -0.05) is 6.07 Å². The summed E-state index contributed by atoms with van der Waals surface area (Å²) >= 11 is 0. The van der Waals surface area contributed by atoms with Crippen LogP contribution in [-0.4, -0.2) is 37.0 Å². The Labute approximate surface area is 139 Å². The molecule has 0 radical (unpaired) electrons. The van der Waals surface area contributed by atoms with Crippen LogP contribution in [0.15, 0.2) is 18.2 Å². The van der Waals surface area contributed by atoms with Crippen LogP contribution >= 0.6 is 0 Å². The van der Waals surface area contributed by atoms with Gasteiger partial charge in [-0.15, -0.1) is 0 Å². The number of carbonyl (C=O) groups excluding carboxylic acids is 2. The van der Waals surface area contributed by atoms with E-state index in [1.165, 1.54) is 19.2 Å². The number of amides is 1. The van der Waals surface area contributed by atoms with Gasteiger partial charge in [0.1, 0.15) is 11.6 Å². The number of hydrogen-bond donors (Lipinski definition) is 0. The van der Waals surface area contributed by atoms with E-state index in [0.717, 1.165) is 25.3 Å². The number of piperidine rings is 1. The van der Waals surface area contributed by atoms with Gasteiger partial charge in [0.05, 0.1) is 13.0 Å². The Hall–Kier alpha value is -1.98. The second kappa shape index (κ2) is 6.49. The summed E-state index contributed by atoms with van der Waals surface area (Å²) in [6.45, 7) is 1.25. The topological polar surface area (TPSA) is 46.6 Å². The number of benzene rings is 1. The van der Waals surface area contributed by atoms with Crippen molar-refractivity contribution in [2.45, 2.75) is 32.1 Å². The Bertz CT molecular complexity index is 654. The van der Waals surface area contributed by atoms with Crippen LogP contribution in [0, 0.1) is 23.0 Å². The van der Waals surface area contributed by atoms with Gasteiger partial charge in [0.15, 0.2) is 0 Å². The molecule has 24 heavy (non-hydrogen) atoms. The van der Waals surface area contributed by atoms with E-state index >= 15 is 0 Å². The predicted molar refractivity (Wildman–Crippen MR) is 83.0 cm³/mol. The number of hydrogen-bond acceptors (Lipinski definition) is 3. The Morgan fingerprint density at radius 1 is 1.29 bits per heavy atom. The van der Waals surface area contributed by atoms with Crippen molar-refractivity contribution in [1.29, 1.82) is 0 Å². The molecule has 1 aromatic rings. The zero-order chi connectivity index (χ0) is 17.3. The number of halogens is 2. The van der Waals surface area contributed by atoms with E-state index in [0.29, 0.717) is 18.7 Å². The fraction of sp³-hybridized carbons (Fsp3) is 0.556. The number of ether oxygens (including phenoxy) is 1. The van der Waals surface area contributed by atoms with Crippen LogP contribution in [-0.2, 0) is 20.7 Å². The summed E-state index contributed by atoms with van der Waals surface area (Å²) in [4.78, 5) is 25.7. The molecule has 130 valence electrons. The molecule has 1 aliphatic carbocycles. The molecule has 4 nitrogen and oxygen atoms in total. The van der Waals surface area contributed by atoms with Crippen molar-refractivity contribution in [3.8, 4) is 0 Å². The maximum atomic E-state index is 13.6. The number of likely N-dealkylation sites (tertiary alicyclic amines) is 1. The lowest BCUT2D eigenvalue weighted by molar-refractivity contribution is -0.143. The summed E-state index contributed by atoms with van der Waals surface area (Å²) in [5.74, 6) is -1.42. The molecule has 2 fully saturated rings. The fourth-order valence-corrected chi connectivity index (χ4v) is 3.70. The molecule has 1 atom stereocenters. The third-order valence-corrected chi connectivity index (χ3v) is 5.41. The van der Waals surface area contributed by atoms with Crippen LogP contribution in [0.25, 0.3) is 0 Å². The maximum absolute atomic E-state index is 13.6. The zero-order valence-corrected chi connectivity index (χ0v) is 13.7. The number of methoxy groups -OCH3 is 1. The minimum Gasteiger partial charge on any atom is -0.469 e. The molecular weight excluding hydrogens is 316 g/mol. The monoisotopic (exact) mass is 337 g/mol. The third-order valence-electron chi connectivity index (χ3n) is 5.41. The SMILES string of the molecule is COC(=O)C1CC12CCN(C(=O)CCc1ccc(F)cc1F)CC2. The average molecular weight is 337 g/mol. The first-order valence-corrected chi connectivity index (χ1v) is 8.25. The number of aryl methyl sites for hydroxylation is 1. The molecule has 1 unspecified atom stereocenters. The van der Waals surface area contributed by atoms with E-state index in [2.05, 4.69) is 0 Å². The van der Waals surface area contributed by atoms with Crippen LogP contribution < -0.4 is 0 Å². The largest absolute Gasteiger partial charge is 0.469 e. The maximum Gasteiger partial charge on any atom is 0.309 e. The predicted octanol–water partition coefficient (Wildman–Crippen LogP) is 2.70. The lowest BCUT2D eigenvalue weighted by atomic mass is 9.90. The normalized spacial score (nSPS) is 21.6. The van der Waals surface area contributed by atoms with Crippen molar-refractivity contribution < 1.29 is 23.1 Å². The first-order valence-electron chi connectivity index (χ1n) is 8.25. The van der Waals surface area contributed by atoms with Gasteiger partial charge in [-0.05, 0) is 42.7 Å². The zero-order valence-electron chi connectivity index (χ0n) is 13.7. The first kappa shape index (κ1) is 16.9. The molecule has 1 saturated heterocycles. The fourth-order valence-electron chi connectivity index (χ4n) is 3.70. The van der Waals surface area contributed by atoms with Gasteiger partial charge >= 0.3 is 5.97 Å². The van der Waals surface area contributed by atoms with Gasteiger partial charge in [-0.2, -0.15) is 0 Å². The molecule has 1 saturated carbocycles. The van der Waals surface area contributed by atoms with E-state index < -0.39 is 11.6 Å². The van der Waals surface area contributed by atoms with Gasteiger partial charge < -0.3 is 9.64 Å². The van der Waals surface area contributed by atoms with Crippen molar-refractivity contribution in [2.24, 2.45) is 11.3 Å². The lowest BCUT2D eigenvalue weighted by Crippen LogP contribution is -2.40. The highest BCUT2D eigenvalue weighted by atomic mass is 19.1. The van der Waals surface area contributed by atoms with Crippen molar-refractivity contribution in [3.05, 3.63) is 35.4 Å². The van der Waals surface area contributed by atoms with E-state index in [4.69, 9.17) is 4.74 Å². The third kappa shape index (κ3) is 3.28. The van der Waals surface area contributed by atoms with Gasteiger partial charge in [0.25, 0.3) is 0 Å². The van der Waals surface area contributed by atoms with Crippen molar-refractivity contribution in [1.82, 2.24) is 4.90 Å². The smallest absolute Gasteiger partial charge is 0.309 e. The van der Waals surface area contributed by atoms with Crippen molar-refractivity contribution in [2.75, 3.05) is 20.2 Å². The standard InChI is InChI=1S/C18H21F2NO3/c1-24-17(23)14-11-18(14)6-8-21(9-7-18)16(22)5-3-12-2-4-13(19)10-15(12)20/h2,4,10,14H,3,5-9,11H2,1H3. The van der Waals surface area contributed by atoms with Crippen LogP contribution in [0.5, 0.6) is 0 Å². The first-order chi connectivity index (χ1) is 11.4. The van der Waals surface area contributed by atoms with Crippen LogP contribution in [0.2, 0.25) is 0 Å². The quantitative estimate of drug-likeness (QED) is 0.794. The molecule has 0 aromatic heterocycles. The molecule has 6 heteroatoms. The van der Waals surface area contributed by atoms with E-state index in [9.17, 15) is 18.4 Å². The number of esters is 1. The molecule has 1 amide bonds. The van der Waals surface area contributed by atoms with E-state index in [1.54, 1.807) is 4.90 Å². The minimum atomic E-state index is -0.617. The van der Waals surface area contributed by atoms with E-state index in [1.807, 2.05) is 0 Å². The summed E-state index contributed by atoms with van der Waals surface area (Å²) in [5, 5.41) is 0. The highest BCUT2D eigenvalue weighted by Gasteiger charge is 2.59. The van der Waals surface area contributed by atoms with Gasteiger partial charge in [0.2, 0.25) is 5.91 Å². The van der Waals surface area contributed by atoms with Crippen LogP contribution in [0.1, 0.15) is 31.2 Å². The van der Waals surface area contributed by atoms with Gasteiger partial charge in [0, 0.05) is 25.6 Å². The lowest BCUT2D eigenvalue weighted by Gasteiger charge is -2.32. The van der Waals surface area contributed by atoms with Gasteiger partial charge in [-0.3, -0.25) is 9.59 Å². The Kier molecular flexibility index (Phi) is 4.56. The van der Waals surface area contributed by atoms with Crippen molar-refractivity contribution in [3.63, 3.8) is 0 Å². The Balaban J connectivity index is 1.48. The average Bonchev–Trinajstić information content (AvgIpc) is 3.27. The summed E-state index contributed by atoms with van der Waals surface area (Å²) in [6.07, 6.45) is 2.93. The molecule has 1 spiro atoms. The Morgan fingerprint density at radius 2 is 2.00 bits per heavy atom. The molecule has 0 bridgehead atoms. The van der Waals surface area contributed by atoms with Gasteiger partial charge in [-0.25, -0.2) is 8.78 Å².